The monoisotopic (exact) mass is 422 g/mol. The highest BCUT2D eigenvalue weighted by atomic mass is 32.2. The Balaban J connectivity index is 1.52. The fraction of sp³-hybridized carbons (Fsp3) is 0.174. The van der Waals surface area contributed by atoms with Crippen LogP contribution in [0.1, 0.15) is 22.5 Å². The second-order valence-electron chi connectivity index (χ2n) is 7.16. The Hall–Kier alpha value is -3.32. The summed E-state index contributed by atoms with van der Waals surface area (Å²) >= 11 is 0. The van der Waals surface area contributed by atoms with E-state index in [1.807, 2.05) is 71.5 Å². The van der Waals surface area contributed by atoms with Crippen LogP contribution in [-0.4, -0.2) is 32.2 Å². The number of aromatic amines is 1. The van der Waals surface area contributed by atoms with Crippen molar-refractivity contribution in [2.45, 2.75) is 12.8 Å². The Morgan fingerprint density at radius 3 is 2.47 bits per heavy atom. The summed E-state index contributed by atoms with van der Waals surface area (Å²) in [4.78, 5) is 15.6. The van der Waals surface area contributed by atoms with Crippen molar-refractivity contribution in [3.63, 3.8) is 0 Å². The van der Waals surface area contributed by atoms with Crippen molar-refractivity contribution in [2.24, 2.45) is 0 Å². The van der Waals surface area contributed by atoms with E-state index in [1.165, 1.54) is 0 Å². The van der Waals surface area contributed by atoms with E-state index < -0.39 is 15.9 Å². The average Bonchev–Trinajstić information content (AvgIpc) is 3.09. The van der Waals surface area contributed by atoms with Gasteiger partial charge in [-0.05, 0) is 35.9 Å². The molecule has 2 N–H and O–H groups in total. The van der Waals surface area contributed by atoms with Crippen LogP contribution in [0.5, 0.6) is 5.75 Å². The minimum atomic E-state index is -3.65. The molecule has 4 rings (SSSR count). The van der Waals surface area contributed by atoms with Crippen molar-refractivity contribution in [3.8, 4) is 5.75 Å². The van der Waals surface area contributed by atoms with Crippen LogP contribution < -0.4 is 9.46 Å². The van der Waals surface area contributed by atoms with Crippen molar-refractivity contribution >= 4 is 37.6 Å². The van der Waals surface area contributed by atoms with Gasteiger partial charge < -0.3 is 9.72 Å². The van der Waals surface area contributed by atoms with Gasteiger partial charge in [-0.1, -0.05) is 54.6 Å². The molecule has 0 bridgehead atoms. The predicted molar refractivity (Wildman–Crippen MR) is 118 cm³/mol. The van der Waals surface area contributed by atoms with Crippen LogP contribution >= 0.6 is 0 Å². The van der Waals surface area contributed by atoms with E-state index in [-0.39, 0.29) is 5.69 Å². The highest BCUT2D eigenvalue weighted by Gasteiger charge is 2.20. The van der Waals surface area contributed by atoms with Crippen molar-refractivity contribution in [2.75, 3.05) is 12.9 Å². The molecule has 154 valence electrons. The van der Waals surface area contributed by atoms with Crippen LogP contribution in [0.25, 0.3) is 21.7 Å². The van der Waals surface area contributed by atoms with Gasteiger partial charge in [0.05, 0.1) is 12.9 Å². The lowest BCUT2D eigenvalue weighted by atomic mass is 10.1. The van der Waals surface area contributed by atoms with E-state index in [1.54, 1.807) is 0 Å². The van der Waals surface area contributed by atoms with Gasteiger partial charge in [-0.2, -0.15) is 0 Å². The number of hydrogen-bond acceptors (Lipinski definition) is 4. The lowest BCUT2D eigenvalue weighted by Gasteiger charge is -2.10. The molecule has 30 heavy (non-hydrogen) atoms. The third-order valence-corrected chi connectivity index (χ3v) is 5.45. The van der Waals surface area contributed by atoms with Gasteiger partial charge in [0.25, 0.3) is 5.91 Å². The van der Waals surface area contributed by atoms with Gasteiger partial charge in [0.1, 0.15) is 11.4 Å². The number of aryl methyl sites for hydroxylation is 1. The summed E-state index contributed by atoms with van der Waals surface area (Å²) in [5.41, 5.74) is 1.85. The third-order valence-electron chi connectivity index (χ3n) is 4.90. The van der Waals surface area contributed by atoms with Gasteiger partial charge in [-0.3, -0.25) is 4.79 Å². The smallest absolute Gasteiger partial charge is 0.281 e. The number of ether oxygens (including phenoxy) is 1. The maximum absolute atomic E-state index is 12.5. The Bertz CT molecular complexity index is 1320. The molecule has 7 heteroatoms. The molecule has 4 aromatic rings. The molecule has 1 amide bonds. The van der Waals surface area contributed by atoms with E-state index in [2.05, 4.69) is 4.98 Å². The SMILES string of the molecule is CS(=O)(=O)NC(=O)c1[nH]c2ccccc2c1CCCOc1cccc2ccccc12. The quantitative estimate of drug-likeness (QED) is 0.440. The highest BCUT2D eigenvalue weighted by Crippen LogP contribution is 2.27. The van der Waals surface area contributed by atoms with Crippen LogP contribution in [0, 0.1) is 0 Å². The Morgan fingerprint density at radius 1 is 0.967 bits per heavy atom. The standard InChI is InChI=1S/C23H22N2O4S/c1-30(27,28)25-23(26)22-19(18-11-4-5-13-20(18)24-22)12-7-15-29-21-14-6-9-16-8-2-3-10-17(16)21/h2-6,8-11,13-14,24H,7,12,15H2,1H3,(H,25,26). The normalized spacial score (nSPS) is 11.6. The Kier molecular flexibility index (Phi) is 5.46. The van der Waals surface area contributed by atoms with Gasteiger partial charge in [0.2, 0.25) is 10.0 Å². The van der Waals surface area contributed by atoms with E-state index in [4.69, 9.17) is 4.74 Å². The largest absolute Gasteiger partial charge is 0.493 e. The maximum Gasteiger partial charge on any atom is 0.281 e. The molecule has 0 aliphatic carbocycles. The first-order valence-corrected chi connectivity index (χ1v) is 11.5. The topological polar surface area (TPSA) is 88.3 Å². The molecule has 0 radical (unpaired) electrons. The van der Waals surface area contributed by atoms with Crippen molar-refractivity contribution in [1.29, 1.82) is 0 Å². The summed E-state index contributed by atoms with van der Waals surface area (Å²) in [6.45, 7) is 0.473. The molecule has 0 unspecified atom stereocenters. The minimum absolute atomic E-state index is 0.270. The lowest BCUT2D eigenvalue weighted by Crippen LogP contribution is -2.30. The van der Waals surface area contributed by atoms with Crippen molar-refractivity contribution in [3.05, 3.63) is 78.0 Å². The van der Waals surface area contributed by atoms with Crippen LogP contribution in [0.3, 0.4) is 0 Å². The average molecular weight is 423 g/mol. The molecule has 6 nitrogen and oxygen atoms in total. The summed E-state index contributed by atoms with van der Waals surface area (Å²) in [5.74, 6) is 0.167. The van der Waals surface area contributed by atoms with Gasteiger partial charge in [-0.15, -0.1) is 0 Å². The number of aromatic nitrogens is 1. The Morgan fingerprint density at radius 2 is 1.67 bits per heavy atom. The number of fused-ring (bicyclic) bond motifs is 2. The summed E-state index contributed by atoms with van der Waals surface area (Å²) in [7, 11) is -3.65. The first-order valence-electron chi connectivity index (χ1n) is 9.64. The Labute approximate surface area is 174 Å². The zero-order chi connectivity index (χ0) is 21.1. The zero-order valence-electron chi connectivity index (χ0n) is 16.5. The van der Waals surface area contributed by atoms with Gasteiger partial charge in [0.15, 0.2) is 0 Å². The molecule has 1 aromatic heterocycles. The highest BCUT2D eigenvalue weighted by molar-refractivity contribution is 7.89. The first-order chi connectivity index (χ1) is 14.4. The second kappa shape index (κ2) is 8.20. The second-order valence-corrected chi connectivity index (χ2v) is 8.91. The lowest BCUT2D eigenvalue weighted by molar-refractivity contribution is 0.0976. The zero-order valence-corrected chi connectivity index (χ0v) is 17.3. The number of carbonyl (C=O) groups is 1. The molecular formula is C23H22N2O4S. The van der Waals surface area contributed by atoms with Gasteiger partial charge >= 0.3 is 0 Å². The fourth-order valence-corrected chi connectivity index (χ4v) is 4.06. The number of carbonyl (C=O) groups excluding carboxylic acids is 1. The molecule has 0 fully saturated rings. The number of hydrogen-bond donors (Lipinski definition) is 2. The molecule has 0 aliphatic heterocycles. The molecule has 0 aliphatic rings. The molecular weight excluding hydrogens is 400 g/mol. The number of amides is 1. The van der Waals surface area contributed by atoms with E-state index in [0.717, 1.165) is 39.2 Å². The van der Waals surface area contributed by atoms with Crippen LogP contribution in [0.15, 0.2) is 66.7 Å². The summed E-state index contributed by atoms with van der Waals surface area (Å²) in [6, 6.07) is 21.5. The number of H-pyrrole nitrogens is 1. The fourth-order valence-electron chi connectivity index (χ4n) is 3.63. The summed E-state index contributed by atoms with van der Waals surface area (Å²) in [5, 5.41) is 3.08. The number of rotatable bonds is 7. The van der Waals surface area contributed by atoms with Crippen LogP contribution in [0.4, 0.5) is 0 Å². The van der Waals surface area contributed by atoms with E-state index in [0.29, 0.717) is 19.4 Å². The summed E-state index contributed by atoms with van der Waals surface area (Å²) < 4.78 is 31.0. The predicted octanol–water partition coefficient (Wildman–Crippen LogP) is 4.02. The molecule has 1 heterocycles. The van der Waals surface area contributed by atoms with Crippen LogP contribution in [-0.2, 0) is 16.4 Å². The first kappa shape index (κ1) is 20.0. The van der Waals surface area contributed by atoms with Gasteiger partial charge in [0, 0.05) is 16.3 Å². The van der Waals surface area contributed by atoms with Crippen LogP contribution in [0.2, 0.25) is 0 Å². The summed E-state index contributed by atoms with van der Waals surface area (Å²) in [6.07, 6.45) is 2.21. The molecule has 0 atom stereocenters. The number of benzene rings is 3. The molecule has 3 aromatic carbocycles. The van der Waals surface area contributed by atoms with E-state index >= 15 is 0 Å². The maximum atomic E-state index is 12.5. The number of nitrogens with one attached hydrogen (secondary N) is 2. The van der Waals surface area contributed by atoms with Gasteiger partial charge in [-0.25, -0.2) is 13.1 Å². The van der Waals surface area contributed by atoms with Crippen molar-refractivity contribution < 1.29 is 17.9 Å². The molecule has 0 saturated heterocycles. The third kappa shape index (κ3) is 4.31. The minimum Gasteiger partial charge on any atom is -0.493 e. The molecule has 0 saturated carbocycles. The van der Waals surface area contributed by atoms with E-state index in [9.17, 15) is 13.2 Å². The molecule has 0 spiro atoms. The van der Waals surface area contributed by atoms with Crippen molar-refractivity contribution in [1.82, 2.24) is 9.71 Å². The number of sulfonamides is 1. The number of para-hydroxylation sites is 1.